The molecule has 44 heavy (non-hydrogen) atoms. The number of anilines is 3. The molecule has 2 aromatic rings. The summed E-state index contributed by atoms with van der Waals surface area (Å²) in [6, 6.07) is 9.25. The molecule has 2 fully saturated rings. The lowest BCUT2D eigenvalue weighted by Gasteiger charge is -2.31. The van der Waals surface area contributed by atoms with Gasteiger partial charge in [0.25, 0.3) is 5.91 Å². The van der Waals surface area contributed by atoms with E-state index in [1.165, 1.54) is 12.5 Å². The molecule has 1 aromatic heterocycles. The van der Waals surface area contributed by atoms with Gasteiger partial charge < -0.3 is 35.6 Å². The van der Waals surface area contributed by atoms with E-state index in [2.05, 4.69) is 28.7 Å². The Labute approximate surface area is 260 Å². The zero-order valence-corrected chi connectivity index (χ0v) is 26.0. The van der Waals surface area contributed by atoms with Gasteiger partial charge in [-0.1, -0.05) is 19.2 Å². The van der Waals surface area contributed by atoms with E-state index < -0.39 is 0 Å². The second kappa shape index (κ2) is 15.2. The number of benzene rings is 1. The lowest BCUT2D eigenvalue weighted by atomic mass is 10.0. The number of ether oxygens (including phenoxy) is 2. The summed E-state index contributed by atoms with van der Waals surface area (Å²) in [5.41, 5.74) is 9.52. The number of piperidine rings is 2. The molecule has 0 aliphatic carbocycles. The molecule has 4 rings (SSSR count). The summed E-state index contributed by atoms with van der Waals surface area (Å²) >= 11 is 0. The molecule has 3 heterocycles. The number of carbonyl (C=O) groups is 2. The Bertz CT molecular complexity index is 1440. The third kappa shape index (κ3) is 8.29. The predicted octanol–water partition coefficient (Wildman–Crippen LogP) is 5.43. The zero-order chi connectivity index (χ0) is 31.6. The van der Waals surface area contributed by atoms with Crippen molar-refractivity contribution < 1.29 is 19.1 Å². The van der Waals surface area contributed by atoms with Crippen LogP contribution in [0.5, 0.6) is 11.6 Å². The molecule has 0 radical (unpaired) electrons. The van der Waals surface area contributed by atoms with Gasteiger partial charge in [-0.3, -0.25) is 9.59 Å². The van der Waals surface area contributed by atoms with Crippen LogP contribution in [0, 0.1) is 0 Å². The van der Waals surface area contributed by atoms with Gasteiger partial charge in [0, 0.05) is 49.6 Å². The number of methoxy groups -OCH3 is 1. The molecule has 4 N–H and O–H groups in total. The maximum atomic E-state index is 13.2. The predicted molar refractivity (Wildman–Crippen MR) is 175 cm³/mol. The summed E-state index contributed by atoms with van der Waals surface area (Å²) in [4.78, 5) is 34.1. The van der Waals surface area contributed by atoms with Crippen LogP contribution in [-0.4, -0.2) is 61.0 Å². The fourth-order valence-electron chi connectivity index (χ4n) is 5.32. The number of nitrogens with zero attached hydrogens (tertiary/aromatic N) is 3. The molecule has 2 aliphatic rings. The normalized spacial score (nSPS) is 17.7. The minimum atomic E-state index is -0.329. The van der Waals surface area contributed by atoms with E-state index in [9.17, 15) is 9.59 Å². The maximum absolute atomic E-state index is 13.2. The second-order valence-corrected chi connectivity index (χ2v) is 11.1. The highest BCUT2D eigenvalue weighted by atomic mass is 16.5. The Morgan fingerprint density at radius 3 is 2.50 bits per heavy atom. The maximum Gasteiger partial charge on any atom is 0.254 e. The molecule has 234 valence electrons. The number of allylic oxidation sites excluding steroid dienone is 4. The second-order valence-electron chi connectivity index (χ2n) is 11.1. The molecule has 0 saturated carbocycles. The quantitative estimate of drug-likeness (QED) is 0.177. The van der Waals surface area contributed by atoms with Gasteiger partial charge in [0.2, 0.25) is 11.8 Å². The van der Waals surface area contributed by atoms with Gasteiger partial charge in [-0.05, 0) is 87.9 Å². The highest BCUT2D eigenvalue weighted by Gasteiger charge is 2.24. The number of pyridine rings is 1. The van der Waals surface area contributed by atoms with Crippen molar-refractivity contribution in [2.24, 2.45) is 5.73 Å². The number of aromatic nitrogens is 1. The molecule has 0 bridgehead atoms. The van der Waals surface area contributed by atoms with Crippen LogP contribution >= 0.6 is 0 Å². The standard InChI is InChI=1S/C34H44N6O4/c1-6-23(3)28(37-32(41)7-2)20-24(4)44-33-29(39-17-9-8-10-18-39)15-16-31(38-33)36-27-14-13-25(21-30(27)43-5)34(42)40-19-11-12-26(35)22-40/h6-7,13-16,20-21,26H,1-2,8-12,17-19,22,35H2,3-5H3,(H,36,38)(H,37,41)/b24-20+,28-23+. The number of nitrogens with two attached hydrogens (primary N) is 1. The summed E-state index contributed by atoms with van der Waals surface area (Å²) < 4.78 is 12.0. The first-order chi connectivity index (χ1) is 21.2. The van der Waals surface area contributed by atoms with E-state index in [0.717, 1.165) is 50.0 Å². The third-order valence-electron chi connectivity index (χ3n) is 7.77. The topological polar surface area (TPSA) is 122 Å². The number of hydrogen-bond donors (Lipinski definition) is 3. The van der Waals surface area contributed by atoms with E-state index in [-0.39, 0.29) is 17.9 Å². The minimum Gasteiger partial charge on any atom is -0.495 e. The van der Waals surface area contributed by atoms with E-state index in [1.807, 2.05) is 32.0 Å². The van der Waals surface area contributed by atoms with Gasteiger partial charge in [0.1, 0.15) is 23.0 Å². The van der Waals surface area contributed by atoms with E-state index >= 15 is 0 Å². The summed E-state index contributed by atoms with van der Waals surface area (Å²) in [6.07, 6.45) is 9.84. The Morgan fingerprint density at radius 1 is 1.05 bits per heavy atom. The Kier molecular flexibility index (Phi) is 11.2. The van der Waals surface area contributed by atoms with Crippen LogP contribution in [0.2, 0.25) is 0 Å². The Morgan fingerprint density at radius 2 is 1.82 bits per heavy atom. The number of nitrogens with one attached hydrogen (secondary N) is 2. The molecule has 2 amide bonds. The van der Waals surface area contributed by atoms with Crippen LogP contribution in [-0.2, 0) is 4.79 Å². The first-order valence-corrected chi connectivity index (χ1v) is 15.1. The Balaban J connectivity index is 1.62. The van der Waals surface area contributed by atoms with Crippen molar-refractivity contribution >= 4 is 29.0 Å². The summed E-state index contributed by atoms with van der Waals surface area (Å²) in [7, 11) is 1.57. The van der Waals surface area contributed by atoms with Crippen LogP contribution in [0.25, 0.3) is 0 Å². The number of hydrogen-bond acceptors (Lipinski definition) is 8. The van der Waals surface area contributed by atoms with Gasteiger partial charge in [0.05, 0.1) is 12.8 Å². The zero-order valence-electron chi connectivity index (χ0n) is 26.0. The van der Waals surface area contributed by atoms with Crippen molar-refractivity contribution in [3.05, 3.63) is 84.3 Å². The summed E-state index contributed by atoms with van der Waals surface area (Å²) in [6.45, 7) is 14.1. The monoisotopic (exact) mass is 600 g/mol. The number of carbonyl (C=O) groups excluding carboxylic acids is 2. The molecular weight excluding hydrogens is 556 g/mol. The van der Waals surface area contributed by atoms with Crippen LogP contribution < -0.4 is 30.7 Å². The highest BCUT2D eigenvalue weighted by Crippen LogP contribution is 2.34. The molecular formula is C34H44N6O4. The van der Waals surface area contributed by atoms with Gasteiger partial charge in [-0.15, -0.1) is 0 Å². The first-order valence-electron chi connectivity index (χ1n) is 15.1. The van der Waals surface area contributed by atoms with E-state index in [0.29, 0.717) is 53.2 Å². The average Bonchev–Trinajstić information content (AvgIpc) is 3.04. The third-order valence-corrected chi connectivity index (χ3v) is 7.77. The fourth-order valence-corrected chi connectivity index (χ4v) is 5.32. The van der Waals surface area contributed by atoms with E-state index in [1.54, 1.807) is 36.3 Å². The van der Waals surface area contributed by atoms with Gasteiger partial charge in [-0.25, -0.2) is 0 Å². The van der Waals surface area contributed by atoms with Crippen LogP contribution in [0.15, 0.2) is 78.7 Å². The van der Waals surface area contributed by atoms with Crippen molar-refractivity contribution in [1.82, 2.24) is 15.2 Å². The van der Waals surface area contributed by atoms with Crippen LogP contribution in [0.3, 0.4) is 0 Å². The average molecular weight is 601 g/mol. The van der Waals surface area contributed by atoms with Gasteiger partial charge in [-0.2, -0.15) is 4.98 Å². The van der Waals surface area contributed by atoms with Crippen molar-refractivity contribution in [2.75, 3.05) is 43.5 Å². The molecule has 1 unspecified atom stereocenters. The fraction of sp³-hybridized carbons (Fsp3) is 0.382. The van der Waals surface area contributed by atoms with Crippen LogP contribution in [0.4, 0.5) is 17.2 Å². The number of rotatable bonds is 11. The van der Waals surface area contributed by atoms with Crippen molar-refractivity contribution in [3.63, 3.8) is 0 Å². The Hall–Kier alpha value is -4.57. The van der Waals surface area contributed by atoms with Crippen molar-refractivity contribution in [1.29, 1.82) is 0 Å². The summed E-state index contributed by atoms with van der Waals surface area (Å²) in [5.74, 6) is 1.65. The molecule has 1 aromatic carbocycles. The lowest BCUT2D eigenvalue weighted by Crippen LogP contribution is -2.45. The van der Waals surface area contributed by atoms with Crippen molar-refractivity contribution in [3.8, 4) is 11.6 Å². The molecule has 1 atom stereocenters. The summed E-state index contributed by atoms with van der Waals surface area (Å²) in [5, 5.41) is 6.14. The largest absolute Gasteiger partial charge is 0.495 e. The molecule has 0 spiro atoms. The van der Waals surface area contributed by atoms with Gasteiger partial charge >= 0.3 is 0 Å². The first kappa shape index (κ1) is 32.3. The van der Waals surface area contributed by atoms with E-state index in [4.69, 9.17) is 20.2 Å². The molecule has 10 heteroatoms. The molecule has 2 saturated heterocycles. The number of amides is 2. The SMILES string of the molecule is C=CC(=O)NC(/C=C(\C)Oc1nc(Nc2ccc(C(=O)N3CCCC(N)C3)cc2OC)ccc1N1CCCCC1)=C(\C)C=C. The molecule has 10 nitrogen and oxygen atoms in total. The van der Waals surface area contributed by atoms with Crippen LogP contribution in [0.1, 0.15) is 56.3 Å². The molecule has 2 aliphatic heterocycles. The lowest BCUT2D eigenvalue weighted by molar-refractivity contribution is -0.115. The van der Waals surface area contributed by atoms with Gasteiger partial charge in [0.15, 0.2) is 0 Å². The smallest absolute Gasteiger partial charge is 0.254 e. The number of likely N-dealkylation sites (tertiary alicyclic amines) is 1. The highest BCUT2D eigenvalue weighted by molar-refractivity contribution is 5.95. The van der Waals surface area contributed by atoms with Crippen molar-refractivity contribution in [2.45, 2.75) is 52.0 Å². The minimum absolute atomic E-state index is 0.00364.